The standard InChI is InChI=1S/C16H27N3O2/c1-10-8-17-13(19-10)16(7)9-18-15(5,6)11(16)12(20)21-14(2,3)4/h8,11,18H,9H2,1-7H3,(H,17,19). The topological polar surface area (TPSA) is 67.0 Å². The maximum atomic E-state index is 12.8. The van der Waals surface area contributed by atoms with Crippen molar-refractivity contribution in [2.24, 2.45) is 5.92 Å². The van der Waals surface area contributed by atoms with E-state index in [9.17, 15) is 4.79 Å². The van der Waals surface area contributed by atoms with Crippen LogP contribution in [0.15, 0.2) is 6.20 Å². The summed E-state index contributed by atoms with van der Waals surface area (Å²) in [6.07, 6.45) is 1.80. The van der Waals surface area contributed by atoms with Crippen LogP contribution in [0.4, 0.5) is 0 Å². The van der Waals surface area contributed by atoms with Crippen LogP contribution in [0.2, 0.25) is 0 Å². The zero-order valence-electron chi connectivity index (χ0n) is 14.1. The highest BCUT2D eigenvalue weighted by molar-refractivity contribution is 5.77. The van der Waals surface area contributed by atoms with Crippen molar-refractivity contribution in [1.82, 2.24) is 15.3 Å². The molecule has 1 saturated heterocycles. The van der Waals surface area contributed by atoms with E-state index >= 15 is 0 Å². The summed E-state index contributed by atoms with van der Waals surface area (Å²) in [5.41, 5.74) is -0.230. The van der Waals surface area contributed by atoms with Gasteiger partial charge >= 0.3 is 5.97 Å². The van der Waals surface area contributed by atoms with Crippen LogP contribution in [0, 0.1) is 12.8 Å². The quantitative estimate of drug-likeness (QED) is 0.821. The molecule has 5 nitrogen and oxygen atoms in total. The van der Waals surface area contributed by atoms with Gasteiger partial charge in [0.05, 0.1) is 11.3 Å². The van der Waals surface area contributed by atoms with Crippen LogP contribution in [-0.4, -0.2) is 33.6 Å². The largest absolute Gasteiger partial charge is 0.460 e. The number of H-pyrrole nitrogens is 1. The SMILES string of the molecule is Cc1cnc(C2(C)CNC(C)(C)C2C(=O)OC(C)(C)C)[nH]1. The number of esters is 1. The number of rotatable bonds is 2. The second-order valence-electron chi connectivity index (χ2n) is 7.87. The summed E-state index contributed by atoms with van der Waals surface area (Å²) in [6.45, 7) is 14.5. The van der Waals surface area contributed by atoms with E-state index in [0.29, 0.717) is 6.54 Å². The molecule has 0 spiro atoms. The number of aromatic nitrogens is 2. The third kappa shape index (κ3) is 2.98. The Hall–Kier alpha value is -1.36. The Morgan fingerprint density at radius 1 is 1.38 bits per heavy atom. The molecule has 2 atom stereocenters. The van der Waals surface area contributed by atoms with Gasteiger partial charge in [-0.05, 0) is 41.5 Å². The zero-order chi connectivity index (χ0) is 16.1. The number of ether oxygens (including phenoxy) is 1. The maximum absolute atomic E-state index is 12.8. The van der Waals surface area contributed by atoms with Gasteiger partial charge < -0.3 is 15.0 Å². The number of carbonyl (C=O) groups excluding carboxylic acids is 1. The fraction of sp³-hybridized carbons (Fsp3) is 0.750. The summed E-state index contributed by atoms with van der Waals surface area (Å²) in [7, 11) is 0. The molecule has 2 N–H and O–H groups in total. The summed E-state index contributed by atoms with van der Waals surface area (Å²) in [4.78, 5) is 20.5. The van der Waals surface area contributed by atoms with Crippen molar-refractivity contribution < 1.29 is 9.53 Å². The van der Waals surface area contributed by atoms with Gasteiger partial charge in [0.1, 0.15) is 11.4 Å². The van der Waals surface area contributed by atoms with Crippen LogP contribution in [0.3, 0.4) is 0 Å². The molecule has 0 amide bonds. The van der Waals surface area contributed by atoms with Crippen LogP contribution in [-0.2, 0) is 14.9 Å². The monoisotopic (exact) mass is 293 g/mol. The zero-order valence-corrected chi connectivity index (χ0v) is 14.1. The lowest BCUT2D eigenvalue weighted by molar-refractivity contribution is -0.163. The highest BCUT2D eigenvalue weighted by Gasteiger charge is 2.57. The molecule has 1 fully saturated rings. The number of hydrogen-bond donors (Lipinski definition) is 2. The molecule has 118 valence electrons. The lowest BCUT2D eigenvalue weighted by atomic mass is 9.71. The summed E-state index contributed by atoms with van der Waals surface area (Å²) in [5, 5.41) is 3.45. The first-order valence-electron chi connectivity index (χ1n) is 7.46. The number of hydrogen-bond acceptors (Lipinski definition) is 4. The van der Waals surface area contributed by atoms with Gasteiger partial charge in [0.15, 0.2) is 0 Å². The number of imidazole rings is 1. The molecule has 0 radical (unpaired) electrons. The van der Waals surface area contributed by atoms with Gasteiger partial charge in [-0.15, -0.1) is 0 Å². The lowest BCUT2D eigenvalue weighted by Crippen LogP contribution is -2.48. The second-order valence-corrected chi connectivity index (χ2v) is 7.87. The van der Waals surface area contributed by atoms with E-state index in [0.717, 1.165) is 11.5 Å². The summed E-state index contributed by atoms with van der Waals surface area (Å²) in [5.74, 6) is 0.373. The highest BCUT2D eigenvalue weighted by atomic mass is 16.6. The molecule has 2 rings (SSSR count). The smallest absolute Gasteiger partial charge is 0.312 e. The minimum absolute atomic E-state index is 0.172. The molecule has 5 heteroatoms. The van der Waals surface area contributed by atoms with Crippen molar-refractivity contribution in [3.8, 4) is 0 Å². The van der Waals surface area contributed by atoms with Crippen molar-refractivity contribution in [2.75, 3.05) is 6.54 Å². The predicted molar refractivity (Wildman–Crippen MR) is 82.1 cm³/mol. The minimum Gasteiger partial charge on any atom is -0.460 e. The van der Waals surface area contributed by atoms with Crippen LogP contribution in [0.25, 0.3) is 0 Å². The Labute approximate surface area is 126 Å². The molecule has 1 aliphatic heterocycles. The van der Waals surface area contributed by atoms with Crippen molar-refractivity contribution in [3.63, 3.8) is 0 Å². The molecular formula is C16H27N3O2. The molecule has 2 unspecified atom stereocenters. The van der Waals surface area contributed by atoms with Crippen molar-refractivity contribution in [3.05, 3.63) is 17.7 Å². The fourth-order valence-electron chi connectivity index (χ4n) is 3.25. The van der Waals surface area contributed by atoms with Gasteiger partial charge in [-0.1, -0.05) is 6.92 Å². The molecular weight excluding hydrogens is 266 g/mol. The normalized spacial score (nSPS) is 28.6. The lowest BCUT2D eigenvalue weighted by Gasteiger charge is -2.35. The van der Waals surface area contributed by atoms with Gasteiger partial charge in [0.2, 0.25) is 0 Å². The van der Waals surface area contributed by atoms with Gasteiger partial charge in [0, 0.05) is 24.0 Å². The van der Waals surface area contributed by atoms with Crippen molar-refractivity contribution in [2.45, 2.75) is 65.0 Å². The molecule has 1 aliphatic rings. The van der Waals surface area contributed by atoms with E-state index < -0.39 is 11.0 Å². The molecule has 1 aromatic rings. The first-order valence-corrected chi connectivity index (χ1v) is 7.46. The fourth-order valence-corrected chi connectivity index (χ4v) is 3.25. The highest BCUT2D eigenvalue weighted by Crippen LogP contribution is 2.43. The van der Waals surface area contributed by atoms with Crippen LogP contribution < -0.4 is 5.32 Å². The van der Waals surface area contributed by atoms with E-state index in [4.69, 9.17) is 4.74 Å². The van der Waals surface area contributed by atoms with Crippen LogP contribution >= 0.6 is 0 Å². The molecule has 0 aliphatic carbocycles. The van der Waals surface area contributed by atoms with Crippen LogP contribution in [0.1, 0.15) is 53.1 Å². The summed E-state index contributed by atoms with van der Waals surface area (Å²) in [6, 6.07) is 0. The maximum Gasteiger partial charge on any atom is 0.312 e. The molecule has 1 aromatic heterocycles. The van der Waals surface area contributed by atoms with Gasteiger partial charge in [0.25, 0.3) is 0 Å². The molecule has 21 heavy (non-hydrogen) atoms. The number of aromatic amines is 1. The molecule has 0 bridgehead atoms. The average molecular weight is 293 g/mol. The van der Waals surface area contributed by atoms with Crippen LogP contribution in [0.5, 0.6) is 0 Å². The Morgan fingerprint density at radius 2 is 2.00 bits per heavy atom. The van der Waals surface area contributed by atoms with E-state index in [-0.39, 0.29) is 17.4 Å². The third-order valence-electron chi connectivity index (χ3n) is 4.16. The van der Waals surface area contributed by atoms with E-state index in [1.165, 1.54) is 0 Å². The summed E-state index contributed by atoms with van der Waals surface area (Å²) >= 11 is 0. The van der Waals surface area contributed by atoms with Gasteiger partial charge in [-0.2, -0.15) is 0 Å². The Kier molecular flexibility index (Phi) is 3.69. The van der Waals surface area contributed by atoms with Gasteiger partial charge in [-0.25, -0.2) is 4.98 Å². The second kappa shape index (κ2) is 4.83. The molecule has 0 saturated carbocycles. The van der Waals surface area contributed by atoms with E-state index in [2.05, 4.69) is 22.2 Å². The van der Waals surface area contributed by atoms with E-state index in [1.54, 1.807) is 6.20 Å². The Balaban J connectivity index is 2.39. The number of aryl methyl sites for hydroxylation is 1. The molecule has 0 aromatic carbocycles. The van der Waals surface area contributed by atoms with Crippen molar-refractivity contribution in [1.29, 1.82) is 0 Å². The predicted octanol–water partition coefficient (Wildman–Crippen LogP) is 2.32. The first-order chi connectivity index (χ1) is 9.46. The minimum atomic E-state index is -0.490. The Bertz CT molecular complexity index is 542. The average Bonchev–Trinajstić information content (AvgIpc) is 2.80. The first kappa shape index (κ1) is 16.0. The Morgan fingerprint density at radius 3 is 2.48 bits per heavy atom. The number of nitrogens with one attached hydrogen (secondary N) is 2. The van der Waals surface area contributed by atoms with E-state index in [1.807, 2.05) is 41.5 Å². The molecule has 2 heterocycles. The number of nitrogens with zero attached hydrogens (tertiary/aromatic N) is 1. The summed E-state index contributed by atoms with van der Waals surface area (Å²) < 4.78 is 5.66. The third-order valence-corrected chi connectivity index (χ3v) is 4.16. The van der Waals surface area contributed by atoms with Gasteiger partial charge in [-0.3, -0.25) is 4.79 Å². The number of carbonyl (C=O) groups is 1. The van der Waals surface area contributed by atoms with Crippen molar-refractivity contribution >= 4 is 5.97 Å².